The molecule has 0 amide bonds. The number of hydrogen-bond donors (Lipinski definition) is 2. The molecule has 1 aromatic heterocycles. The van der Waals surface area contributed by atoms with Crippen molar-refractivity contribution in [1.29, 1.82) is 0 Å². The molecular weight excluding hydrogens is 182 g/mol. The van der Waals surface area contributed by atoms with Crippen LogP contribution in [-0.4, -0.2) is 31.5 Å². The van der Waals surface area contributed by atoms with E-state index in [-0.39, 0.29) is 6.61 Å². The molecule has 0 saturated heterocycles. The first-order valence-electron chi connectivity index (χ1n) is 4.77. The maximum Gasteiger partial charge on any atom is 0.120 e. The number of rotatable bonds is 7. The van der Waals surface area contributed by atoms with Gasteiger partial charge in [0.2, 0.25) is 0 Å². The average molecular weight is 199 g/mol. The molecule has 1 heterocycles. The lowest BCUT2D eigenvalue weighted by molar-refractivity contribution is 0.0936. The molecule has 0 radical (unpaired) electrons. The fraction of sp³-hybridized carbons (Fsp3) is 0.600. The lowest BCUT2D eigenvalue weighted by Crippen LogP contribution is -2.20. The largest absolute Gasteiger partial charge is 0.468 e. The second-order valence-corrected chi connectivity index (χ2v) is 3.04. The smallest absolute Gasteiger partial charge is 0.120 e. The number of aryl methyl sites for hydroxylation is 1. The zero-order valence-corrected chi connectivity index (χ0v) is 8.45. The molecule has 0 fully saturated rings. The summed E-state index contributed by atoms with van der Waals surface area (Å²) < 4.78 is 10.3. The highest BCUT2D eigenvalue weighted by Gasteiger charge is 1.99. The summed E-state index contributed by atoms with van der Waals surface area (Å²) in [5.41, 5.74) is 1.16. The lowest BCUT2D eigenvalue weighted by atomic mass is 10.3. The SMILES string of the molecule is Cc1ccoc1CNCCOCCO. The molecule has 14 heavy (non-hydrogen) atoms. The Bertz CT molecular complexity index is 247. The van der Waals surface area contributed by atoms with Gasteiger partial charge in [0, 0.05) is 6.54 Å². The van der Waals surface area contributed by atoms with Crippen LogP contribution in [0.5, 0.6) is 0 Å². The molecule has 0 saturated carbocycles. The van der Waals surface area contributed by atoms with Crippen LogP contribution in [0, 0.1) is 6.92 Å². The van der Waals surface area contributed by atoms with Crippen LogP contribution in [0.25, 0.3) is 0 Å². The third-order valence-electron chi connectivity index (χ3n) is 1.91. The summed E-state index contributed by atoms with van der Waals surface area (Å²) in [6, 6.07) is 1.94. The van der Waals surface area contributed by atoms with Gasteiger partial charge in [-0.1, -0.05) is 0 Å². The van der Waals surface area contributed by atoms with Crippen molar-refractivity contribution >= 4 is 0 Å². The first kappa shape index (κ1) is 11.2. The number of hydrogen-bond acceptors (Lipinski definition) is 4. The maximum atomic E-state index is 8.45. The molecule has 0 aliphatic rings. The molecule has 0 aliphatic heterocycles. The zero-order valence-electron chi connectivity index (χ0n) is 8.45. The molecule has 0 spiro atoms. The third-order valence-corrected chi connectivity index (χ3v) is 1.91. The monoisotopic (exact) mass is 199 g/mol. The van der Waals surface area contributed by atoms with Gasteiger partial charge in [0.1, 0.15) is 5.76 Å². The normalized spacial score (nSPS) is 10.7. The quantitative estimate of drug-likeness (QED) is 0.634. The van der Waals surface area contributed by atoms with Crippen LogP contribution >= 0.6 is 0 Å². The van der Waals surface area contributed by atoms with E-state index in [4.69, 9.17) is 14.3 Å². The van der Waals surface area contributed by atoms with Gasteiger partial charge < -0.3 is 19.6 Å². The second-order valence-electron chi connectivity index (χ2n) is 3.04. The van der Waals surface area contributed by atoms with E-state index in [9.17, 15) is 0 Å². The van der Waals surface area contributed by atoms with E-state index >= 15 is 0 Å². The molecule has 0 aliphatic carbocycles. The van der Waals surface area contributed by atoms with Crippen LogP contribution in [0.1, 0.15) is 11.3 Å². The van der Waals surface area contributed by atoms with E-state index in [1.807, 2.05) is 13.0 Å². The van der Waals surface area contributed by atoms with E-state index in [0.29, 0.717) is 13.2 Å². The highest BCUT2D eigenvalue weighted by atomic mass is 16.5. The van der Waals surface area contributed by atoms with Crippen molar-refractivity contribution in [2.24, 2.45) is 0 Å². The van der Waals surface area contributed by atoms with Crippen molar-refractivity contribution in [3.63, 3.8) is 0 Å². The summed E-state index contributed by atoms with van der Waals surface area (Å²) in [6.45, 7) is 4.60. The van der Waals surface area contributed by atoms with Crippen molar-refractivity contribution in [2.75, 3.05) is 26.4 Å². The Labute approximate surface area is 83.9 Å². The Morgan fingerprint density at radius 1 is 1.50 bits per heavy atom. The fourth-order valence-electron chi connectivity index (χ4n) is 1.10. The van der Waals surface area contributed by atoms with Gasteiger partial charge in [0.05, 0.1) is 32.6 Å². The highest BCUT2D eigenvalue weighted by molar-refractivity contribution is 5.13. The predicted molar refractivity (Wildman–Crippen MR) is 53.1 cm³/mol. The van der Waals surface area contributed by atoms with Gasteiger partial charge in [-0.15, -0.1) is 0 Å². The van der Waals surface area contributed by atoms with E-state index in [1.165, 1.54) is 0 Å². The van der Waals surface area contributed by atoms with Gasteiger partial charge in [0.15, 0.2) is 0 Å². The van der Waals surface area contributed by atoms with Crippen molar-refractivity contribution in [1.82, 2.24) is 5.32 Å². The first-order valence-corrected chi connectivity index (χ1v) is 4.77. The first-order chi connectivity index (χ1) is 6.84. The number of aliphatic hydroxyl groups is 1. The molecule has 1 aromatic rings. The summed E-state index contributed by atoms with van der Waals surface area (Å²) in [6.07, 6.45) is 1.69. The van der Waals surface area contributed by atoms with E-state index in [1.54, 1.807) is 6.26 Å². The summed E-state index contributed by atoms with van der Waals surface area (Å²) in [4.78, 5) is 0. The second kappa shape index (κ2) is 6.59. The van der Waals surface area contributed by atoms with Gasteiger partial charge in [-0.2, -0.15) is 0 Å². The third kappa shape index (κ3) is 3.91. The molecule has 4 nitrogen and oxygen atoms in total. The molecule has 4 heteroatoms. The van der Waals surface area contributed by atoms with Crippen LogP contribution in [-0.2, 0) is 11.3 Å². The van der Waals surface area contributed by atoms with Gasteiger partial charge >= 0.3 is 0 Å². The predicted octanol–water partition coefficient (Wildman–Crippen LogP) is 0.687. The Morgan fingerprint density at radius 2 is 2.36 bits per heavy atom. The Kier molecular flexibility index (Phi) is 5.29. The topological polar surface area (TPSA) is 54.6 Å². The average Bonchev–Trinajstić information content (AvgIpc) is 2.58. The minimum Gasteiger partial charge on any atom is -0.468 e. The number of ether oxygens (including phenoxy) is 1. The molecular formula is C10H17NO3. The van der Waals surface area contributed by atoms with Gasteiger partial charge in [0.25, 0.3) is 0 Å². The van der Waals surface area contributed by atoms with Crippen molar-refractivity contribution in [3.05, 3.63) is 23.7 Å². The number of furan rings is 1. The van der Waals surface area contributed by atoms with Crippen molar-refractivity contribution in [3.8, 4) is 0 Å². The molecule has 2 N–H and O–H groups in total. The van der Waals surface area contributed by atoms with Crippen LogP contribution in [0.4, 0.5) is 0 Å². The molecule has 0 aromatic carbocycles. The summed E-state index contributed by atoms with van der Waals surface area (Å²) in [7, 11) is 0. The van der Waals surface area contributed by atoms with Crippen LogP contribution in [0.2, 0.25) is 0 Å². The van der Waals surface area contributed by atoms with Crippen molar-refractivity contribution < 1.29 is 14.3 Å². The Balaban J connectivity index is 2.02. The molecule has 0 unspecified atom stereocenters. The van der Waals surface area contributed by atoms with Crippen LogP contribution < -0.4 is 5.32 Å². The molecule has 1 rings (SSSR count). The van der Waals surface area contributed by atoms with E-state index < -0.39 is 0 Å². The summed E-state index contributed by atoms with van der Waals surface area (Å²) >= 11 is 0. The summed E-state index contributed by atoms with van der Waals surface area (Å²) in [5.74, 6) is 0.965. The number of aliphatic hydroxyl groups excluding tert-OH is 1. The highest BCUT2D eigenvalue weighted by Crippen LogP contribution is 2.07. The summed E-state index contributed by atoms with van der Waals surface area (Å²) in [5, 5.41) is 11.6. The van der Waals surface area contributed by atoms with Gasteiger partial charge in [-0.25, -0.2) is 0 Å². The number of nitrogens with one attached hydrogen (secondary N) is 1. The van der Waals surface area contributed by atoms with Gasteiger partial charge in [-0.3, -0.25) is 0 Å². The zero-order chi connectivity index (χ0) is 10.2. The Hall–Kier alpha value is -0.840. The molecule has 0 bridgehead atoms. The standard InChI is InChI=1S/C10H17NO3/c1-9-2-5-14-10(9)8-11-3-6-13-7-4-12/h2,5,11-12H,3-4,6-8H2,1H3. The maximum absolute atomic E-state index is 8.45. The minimum atomic E-state index is 0.0806. The minimum absolute atomic E-state index is 0.0806. The van der Waals surface area contributed by atoms with Gasteiger partial charge in [-0.05, 0) is 18.6 Å². The van der Waals surface area contributed by atoms with Crippen LogP contribution in [0.3, 0.4) is 0 Å². The Morgan fingerprint density at radius 3 is 3.00 bits per heavy atom. The molecule has 80 valence electrons. The van der Waals surface area contributed by atoms with E-state index in [0.717, 1.165) is 24.4 Å². The molecule has 0 atom stereocenters. The van der Waals surface area contributed by atoms with E-state index in [2.05, 4.69) is 5.32 Å². The lowest BCUT2D eigenvalue weighted by Gasteiger charge is -2.03. The van der Waals surface area contributed by atoms with Crippen LogP contribution in [0.15, 0.2) is 16.7 Å². The van der Waals surface area contributed by atoms with Crippen molar-refractivity contribution in [2.45, 2.75) is 13.5 Å². The fourth-order valence-corrected chi connectivity index (χ4v) is 1.10.